The molecule has 1 fully saturated rings. The van der Waals surface area contributed by atoms with E-state index < -0.39 is 0 Å². The second-order valence-electron chi connectivity index (χ2n) is 5.61. The maximum absolute atomic E-state index is 12.6. The molecule has 1 aliphatic rings. The summed E-state index contributed by atoms with van der Waals surface area (Å²) in [5.74, 6) is 0.122. The van der Waals surface area contributed by atoms with Crippen molar-refractivity contribution in [3.8, 4) is 0 Å². The minimum Gasteiger partial charge on any atom is -0.396 e. The van der Waals surface area contributed by atoms with Crippen molar-refractivity contribution >= 4 is 16.9 Å². The molecule has 1 amide bonds. The van der Waals surface area contributed by atoms with E-state index in [9.17, 15) is 4.79 Å². The molecule has 5 heteroatoms. The first-order valence-electron chi connectivity index (χ1n) is 7.60. The Bertz CT molecular complexity index is 619. The van der Waals surface area contributed by atoms with Crippen molar-refractivity contribution in [1.29, 1.82) is 0 Å². The van der Waals surface area contributed by atoms with Gasteiger partial charge >= 0.3 is 0 Å². The summed E-state index contributed by atoms with van der Waals surface area (Å²) >= 11 is 0. The molecule has 21 heavy (non-hydrogen) atoms. The zero-order valence-corrected chi connectivity index (χ0v) is 12.1. The Kier molecular flexibility index (Phi) is 4.20. The number of aliphatic hydroxyl groups is 1. The molecule has 1 heterocycles. The number of aromatic nitrogens is 2. The van der Waals surface area contributed by atoms with E-state index in [1.807, 2.05) is 33.7 Å². The van der Waals surface area contributed by atoms with E-state index >= 15 is 0 Å². The lowest BCUT2D eigenvalue weighted by atomic mass is 9.91. The number of hydrogen-bond acceptors (Lipinski definition) is 3. The third-order valence-electron chi connectivity index (χ3n) is 4.23. The van der Waals surface area contributed by atoms with E-state index in [1.54, 1.807) is 6.33 Å². The molecule has 3 rings (SSSR count). The zero-order valence-electron chi connectivity index (χ0n) is 12.1. The predicted octanol–water partition coefficient (Wildman–Crippen LogP) is 1.80. The average molecular weight is 287 g/mol. The third-order valence-corrected chi connectivity index (χ3v) is 4.23. The first kappa shape index (κ1) is 14.1. The number of fused-ring (bicyclic) bond motifs is 1. The van der Waals surface area contributed by atoms with Crippen LogP contribution >= 0.6 is 0 Å². The normalized spacial score (nSPS) is 15.1. The highest BCUT2D eigenvalue weighted by molar-refractivity contribution is 5.80. The second kappa shape index (κ2) is 6.26. The number of para-hydroxylation sites is 2. The second-order valence-corrected chi connectivity index (χ2v) is 5.61. The van der Waals surface area contributed by atoms with Crippen molar-refractivity contribution in [2.75, 3.05) is 13.2 Å². The fourth-order valence-electron chi connectivity index (χ4n) is 2.82. The Balaban J connectivity index is 1.73. The molecular weight excluding hydrogens is 266 g/mol. The van der Waals surface area contributed by atoms with Crippen LogP contribution in [0.4, 0.5) is 0 Å². The molecule has 0 aliphatic heterocycles. The van der Waals surface area contributed by atoms with Gasteiger partial charge in [-0.3, -0.25) is 4.79 Å². The van der Waals surface area contributed by atoms with Crippen LogP contribution in [-0.2, 0) is 11.3 Å². The lowest BCUT2D eigenvalue weighted by Gasteiger charge is -2.37. The van der Waals surface area contributed by atoms with Crippen molar-refractivity contribution in [3.05, 3.63) is 30.6 Å². The molecule has 0 saturated heterocycles. The lowest BCUT2D eigenvalue weighted by molar-refractivity contribution is -0.136. The van der Waals surface area contributed by atoms with Crippen molar-refractivity contribution in [3.63, 3.8) is 0 Å². The van der Waals surface area contributed by atoms with E-state index in [-0.39, 0.29) is 12.5 Å². The first-order chi connectivity index (χ1) is 10.3. The largest absolute Gasteiger partial charge is 0.396 e. The van der Waals surface area contributed by atoms with Gasteiger partial charge in [0.25, 0.3) is 0 Å². The maximum Gasteiger partial charge on any atom is 0.242 e. The minimum absolute atomic E-state index is 0.122. The topological polar surface area (TPSA) is 58.4 Å². The molecule has 0 spiro atoms. The molecule has 1 aromatic heterocycles. The Hall–Kier alpha value is -1.88. The number of hydrogen-bond donors (Lipinski definition) is 1. The van der Waals surface area contributed by atoms with Crippen molar-refractivity contribution < 1.29 is 9.90 Å². The minimum atomic E-state index is 0.122. The van der Waals surface area contributed by atoms with Gasteiger partial charge in [0.2, 0.25) is 5.91 Å². The van der Waals surface area contributed by atoms with Gasteiger partial charge in [-0.1, -0.05) is 12.1 Å². The van der Waals surface area contributed by atoms with Gasteiger partial charge in [0.05, 0.1) is 17.4 Å². The molecule has 1 aliphatic carbocycles. The molecule has 2 aromatic rings. The Morgan fingerprint density at radius 2 is 2.19 bits per heavy atom. The number of nitrogens with zero attached hydrogens (tertiary/aromatic N) is 3. The van der Waals surface area contributed by atoms with Crippen molar-refractivity contribution in [2.45, 2.75) is 38.3 Å². The molecule has 0 radical (unpaired) electrons. The van der Waals surface area contributed by atoms with Crippen molar-refractivity contribution in [1.82, 2.24) is 14.5 Å². The Morgan fingerprint density at radius 1 is 1.38 bits per heavy atom. The fourth-order valence-corrected chi connectivity index (χ4v) is 2.82. The van der Waals surface area contributed by atoms with Gasteiger partial charge < -0.3 is 14.6 Å². The van der Waals surface area contributed by atoms with Gasteiger partial charge in [-0.05, 0) is 37.8 Å². The standard InChI is InChI=1S/C16H21N3O2/c20-10-4-9-19(13-5-3-6-13)16(21)11-18-12-17-14-7-1-2-8-15(14)18/h1-2,7-8,12-13,20H,3-6,9-11H2. The van der Waals surface area contributed by atoms with E-state index in [4.69, 9.17) is 5.11 Å². The summed E-state index contributed by atoms with van der Waals surface area (Å²) in [5, 5.41) is 9.01. The highest BCUT2D eigenvalue weighted by Crippen LogP contribution is 2.25. The van der Waals surface area contributed by atoms with E-state index in [1.165, 1.54) is 6.42 Å². The fraction of sp³-hybridized carbons (Fsp3) is 0.500. The number of aliphatic hydroxyl groups excluding tert-OH is 1. The number of amides is 1. The third kappa shape index (κ3) is 2.93. The van der Waals surface area contributed by atoms with Crippen LogP contribution < -0.4 is 0 Å². The number of carbonyl (C=O) groups excluding carboxylic acids is 1. The molecular formula is C16H21N3O2. The van der Waals surface area contributed by atoms with Gasteiger partial charge in [0, 0.05) is 19.2 Å². The first-order valence-corrected chi connectivity index (χ1v) is 7.60. The van der Waals surface area contributed by atoms with Crippen LogP contribution in [0.2, 0.25) is 0 Å². The van der Waals surface area contributed by atoms with Gasteiger partial charge in [-0.2, -0.15) is 0 Å². The maximum atomic E-state index is 12.6. The van der Waals surface area contributed by atoms with E-state index in [2.05, 4.69) is 4.98 Å². The molecule has 1 saturated carbocycles. The molecule has 0 unspecified atom stereocenters. The summed E-state index contributed by atoms with van der Waals surface area (Å²) in [6.07, 6.45) is 5.74. The molecule has 5 nitrogen and oxygen atoms in total. The Labute approximate surface area is 124 Å². The van der Waals surface area contributed by atoms with Crippen LogP contribution in [0.5, 0.6) is 0 Å². The summed E-state index contributed by atoms with van der Waals surface area (Å²) in [7, 11) is 0. The van der Waals surface area contributed by atoms with Crippen LogP contribution in [0.15, 0.2) is 30.6 Å². The van der Waals surface area contributed by atoms with Crippen LogP contribution in [0.1, 0.15) is 25.7 Å². The van der Waals surface area contributed by atoms with E-state index in [0.717, 1.165) is 23.9 Å². The lowest BCUT2D eigenvalue weighted by Crippen LogP contribution is -2.46. The summed E-state index contributed by atoms with van der Waals surface area (Å²) < 4.78 is 1.91. The quantitative estimate of drug-likeness (QED) is 0.881. The summed E-state index contributed by atoms with van der Waals surface area (Å²) in [5.41, 5.74) is 1.90. The summed E-state index contributed by atoms with van der Waals surface area (Å²) in [6, 6.07) is 8.20. The predicted molar refractivity (Wildman–Crippen MR) is 80.8 cm³/mol. The molecule has 1 aromatic carbocycles. The SMILES string of the molecule is O=C(Cn1cnc2ccccc21)N(CCCO)C1CCC1. The van der Waals surface area contributed by atoms with Gasteiger partial charge in [0.15, 0.2) is 0 Å². The highest BCUT2D eigenvalue weighted by atomic mass is 16.3. The summed E-state index contributed by atoms with van der Waals surface area (Å²) in [4.78, 5) is 18.9. The highest BCUT2D eigenvalue weighted by Gasteiger charge is 2.28. The van der Waals surface area contributed by atoms with Crippen LogP contribution in [0, 0.1) is 0 Å². The monoisotopic (exact) mass is 287 g/mol. The summed E-state index contributed by atoms with van der Waals surface area (Å²) in [6.45, 7) is 1.10. The Morgan fingerprint density at radius 3 is 2.90 bits per heavy atom. The van der Waals surface area contributed by atoms with Gasteiger partial charge in [-0.25, -0.2) is 4.98 Å². The number of rotatable bonds is 6. The van der Waals surface area contributed by atoms with Gasteiger partial charge in [0.1, 0.15) is 6.54 Å². The zero-order chi connectivity index (χ0) is 14.7. The number of benzene rings is 1. The van der Waals surface area contributed by atoms with Crippen LogP contribution in [0.3, 0.4) is 0 Å². The molecule has 1 N–H and O–H groups in total. The molecule has 0 atom stereocenters. The average Bonchev–Trinajstić information content (AvgIpc) is 2.84. The molecule has 112 valence electrons. The van der Waals surface area contributed by atoms with Gasteiger partial charge in [-0.15, -0.1) is 0 Å². The smallest absolute Gasteiger partial charge is 0.242 e. The van der Waals surface area contributed by atoms with E-state index in [0.29, 0.717) is 25.6 Å². The van der Waals surface area contributed by atoms with Crippen molar-refractivity contribution in [2.24, 2.45) is 0 Å². The van der Waals surface area contributed by atoms with Crippen LogP contribution in [-0.4, -0.2) is 44.7 Å². The number of imidazole rings is 1. The number of carbonyl (C=O) groups is 1. The molecule has 0 bridgehead atoms. The van der Waals surface area contributed by atoms with Crippen LogP contribution in [0.25, 0.3) is 11.0 Å².